The van der Waals surface area contributed by atoms with Crippen LogP contribution in [0.25, 0.3) is 11.3 Å². The summed E-state index contributed by atoms with van der Waals surface area (Å²) < 4.78 is 0.929. The first-order valence-corrected chi connectivity index (χ1v) is 7.30. The molecule has 2 atom stereocenters. The highest BCUT2D eigenvalue weighted by atomic mass is 79.9. The average Bonchev–Trinajstić information content (AvgIpc) is 3.17. The molecule has 0 radical (unpaired) electrons. The highest BCUT2D eigenvalue weighted by Crippen LogP contribution is 2.46. The summed E-state index contributed by atoms with van der Waals surface area (Å²) in [6.07, 6.45) is 1.19. The van der Waals surface area contributed by atoms with Gasteiger partial charge in [0, 0.05) is 18.5 Å². The van der Waals surface area contributed by atoms with Crippen LogP contribution in [-0.2, 0) is 0 Å². The van der Waals surface area contributed by atoms with Crippen molar-refractivity contribution in [2.45, 2.75) is 19.3 Å². The molecule has 98 valence electrons. The summed E-state index contributed by atoms with van der Waals surface area (Å²) in [7, 11) is 1.89. The molecule has 1 saturated carbocycles. The van der Waals surface area contributed by atoms with E-state index in [2.05, 4.69) is 45.3 Å². The molecule has 3 nitrogen and oxygen atoms in total. The van der Waals surface area contributed by atoms with E-state index >= 15 is 0 Å². The number of hydrogen-bond acceptors (Lipinski definition) is 3. The van der Waals surface area contributed by atoms with Gasteiger partial charge in [-0.05, 0) is 28.3 Å². The molecule has 0 bridgehead atoms. The van der Waals surface area contributed by atoms with E-state index in [0.717, 1.165) is 27.4 Å². The maximum atomic E-state index is 4.77. The van der Waals surface area contributed by atoms with E-state index in [-0.39, 0.29) is 0 Å². The van der Waals surface area contributed by atoms with Crippen LogP contribution in [-0.4, -0.2) is 17.0 Å². The molecule has 1 aliphatic carbocycles. The molecule has 1 N–H and O–H groups in total. The Labute approximate surface area is 121 Å². The first-order chi connectivity index (χ1) is 9.20. The molecule has 4 heteroatoms. The molecule has 0 amide bonds. The number of anilines is 1. The molecule has 3 rings (SSSR count). The molecule has 19 heavy (non-hydrogen) atoms. The van der Waals surface area contributed by atoms with Crippen molar-refractivity contribution < 1.29 is 0 Å². The largest absolute Gasteiger partial charge is 0.372 e. The van der Waals surface area contributed by atoms with Gasteiger partial charge in [-0.2, -0.15) is 0 Å². The number of halogens is 1. The lowest BCUT2D eigenvalue weighted by molar-refractivity contribution is 0.843. The average molecular weight is 318 g/mol. The van der Waals surface area contributed by atoms with Crippen LogP contribution >= 0.6 is 15.9 Å². The van der Waals surface area contributed by atoms with E-state index in [0.29, 0.717) is 11.8 Å². The summed E-state index contributed by atoms with van der Waals surface area (Å²) in [5.41, 5.74) is 2.08. The number of nitrogens with zero attached hydrogens (tertiary/aromatic N) is 2. The molecule has 1 aromatic heterocycles. The quantitative estimate of drug-likeness (QED) is 0.927. The van der Waals surface area contributed by atoms with Gasteiger partial charge in [0.25, 0.3) is 0 Å². The first-order valence-electron chi connectivity index (χ1n) is 6.51. The van der Waals surface area contributed by atoms with E-state index in [1.54, 1.807) is 0 Å². The molecule has 0 spiro atoms. The Hall–Kier alpha value is -1.42. The van der Waals surface area contributed by atoms with Gasteiger partial charge in [0.1, 0.15) is 11.6 Å². The van der Waals surface area contributed by atoms with E-state index in [9.17, 15) is 0 Å². The van der Waals surface area contributed by atoms with Crippen molar-refractivity contribution in [2.24, 2.45) is 5.92 Å². The van der Waals surface area contributed by atoms with Crippen molar-refractivity contribution in [3.63, 3.8) is 0 Å². The van der Waals surface area contributed by atoms with Crippen LogP contribution in [0.2, 0.25) is 0 Å². The Kier molecular flexibility index (Phi) is 3.27. The van der Waals surface area contributed by atoms with Crippen LogP contribution in [0, 0.1) is 5.92 Å². The predicted octanol–water partition coefficient (Wildman–Crippen LogP) is 4.07. The zero-order chi connectivity index (χ0) is 13.4. The van der Waals surface area contributed by atoms with Crippen LogP contribution in [0.3, 0.4) is 0 Å². The summed E-state index contributed by atoms with van der Waals surface area (Å²) >= 11 is 3.61. The van der Waals surface area contributed by atoms with Crippen molar-refractivity contribution in [3.05, 3.63) is 40.6 Å². The third-order valence-corrected chi connectivity index (χ3v) is 4.34. The summed E-state index contributed by atoms with van der Waals surface area (Å²) in [6.45, 7) is 2.25. The van der Waals surface area contributed by atoms with Crippen molar-refractivity contribution in [1.82, 2.24) is 9.97 Å². The van der Waals surface area contributed by atoms with Crippen LogP contribution in [0.15, 0.2) is 34.8 Å². The SMILES string of the molecule is CNc1nc(C2CC2C)nc(-c2ccccc2)c1Br. The van der Waals surface area contributed by atoms with Gasteiger partial charge in [0.2, 0.25) is 0 Å². The zero-order valence-electron chi connectivity index (χ0n) is 11.0. The number of nitrogens with one attached hydrogen (secondary N) is 1. The Morgan fingerprint density at radius 3 is 2.47 bits per heavy atom. The highest BCUT2D eigenvalue weighted by Gasteiger charge is 2.37. The standard InChI is InChI=1S/C15H16BrN3/c1-9-8-11(9)14-18-13(10-6-4-3-5-7-10)12(16)15(17-2)19-14/h3-7,9,11H,8H2,1-2H3,(H,17,18,19). The van der Waals surface area contributed by atoms with E-state index < -0.39 is 0 Å². The number of hydrogen-bond donors (Lipinski definition) is 1. The summed E-state index contributed by atoms with van der Waals surface area (Å²) in [5, 5.41) is 3.15. The van der Waals surface area contributed by atoms with Crippen LogP contribution in [0.1, 0.15) is 25.1 Å². The van der Waals surface area contributed by atoms with Gasteiger partial charge in [-0.3, -0.25) is 0 Å². The van der Waals surface area contributed by atoms with Gasteiger partial charge in [-0.15, -0.1) is 0 Å². The minimum Gasteiger partial charge on any atom is -0.372 e. The second-order valence-electron chi connectivity index (χ2n) is 5.03. The Bertz CT molecular complexity index is 598. The molecule has 0 aliphatic heterocycles. The fourth-order valence-corrected chi connectivity index (χ4v) is 2.87. The molecular weight excluding hydrogens is 302 g/mol. The fraction of sp³-hybridized carbons (Fsp3) is 0.333. The normalized spacial score (nSPS) is 21.2. The van der Waals surface area contributed by atoms with Gasteiger partial charge < -0.3 is 5.32 Å². The van der Waals surface area contributed by atoms with Gasteiger partial charge in [0.15, 0.2) is 0 Å². The molecule has 1 aromatic carbocycles. The predicted molar refractivity (Wildman–Crippen MR) is 81.2 cm³/mol. The lowest BCUT2D eigenvalue weighted by atomic mass is 10.1. The fourth-order valence-electron chi connectivity index (χ4n) is 2.27. The first kappa shape index (κ1) is 12.6. The maximum absolute atomic E-state index is 4.77. The third-order valence-electron chi connectivity index (χ3n) is 3.59. The van der Waals surface area contributed by atoms with Gasteiger partial charge >= 0.3 is 0 Å². The molecule has 2 unspecified atom stereocenters. The summed E-state index contributed by atoms with van der Waals surface area (Å²) in [6, 6.07) is 10.2. The molecule has 1 fully saturated rings. The van der Waals surface area contributed by atoms with Crippen LogP contribution in [0.5, 0.6) is 0 Å². The number of benzene rings is 1. The van der Waals surface area contributed by atoms with Gasteiger partial charge in [-0.1, -0.05) is 37.3 Å². The van der Waals surface area contributed by atoms with Gasteiger partial charge in [0.05, 0.1) is 10.2 Å². The lowest BCUT2D eigenvalue weighted by Gasteiger charge is -2.11. The molecule has 2 aromatic rings. The Morgan fingerprint density at radius 2 is 1.89 bits per heavy atom. The monoisotopic (exact) mass is 317 g/mol. The number of aromatic nitrogens is 2. The second-order valence-corrected chi connectivity index (χ2v) is 5.82. The van der Waals surface area contributed by atoms with Crippen molar-refractivity contribution in [2.75, 3.05) is 12.4 Å². The smallest absolute Gasteiger partial charge is 0.144 e. The third kappa shape index (κ3) is 2.37. The van der Waals surface area contributed by atoms with E-state index in [1.807, 2.05) is 25.2 Å². The maximum Gasteiger partial charge on any atom is 0.144 e. The van der Waals surface area contributed by atoms with Crippen LogP contribution in [0.4, 0.5) is 5.82 Å². The minimum absolute atomic E-state index is 0.516. The van der Waals surface area contributed by atoms with Crippen molar-refractivity contribution >= 4 is 21.7 Å². The Balaban J connectivity index is 2.12. The highest BCUT2D eigenvalue weighted by molar-refractivity contribution is 9.10. The molecular formula is C15H16BrN3. The molecule has 1 aliphatic rings. The molecule has 1 heterocycles. The molecule has 0 saturated heterocycles. The zero-order valence-corrected chi connectivity index (χ0v) is 12.6. The van der Waals surface area contributed by atoms with Crippen LogP contribution < -0.4 is 5.32 Å². The second kappa shape index (κ2) is 4.93. The van der Waals surface area contributed by atoms with E-state index in [4.69, 9.17) is 4.98 Å². The Morgan fingerprint density at radius 1 is 1.21 bits per heavy atom. The van der Waals surface area contributed by atoms with E-state index in [1.165, 1.54) is 6.42 Å². The minimum atomic E-state index is 0.516. The summed E-state index contributed by atoms with van der Waals surface area (Å²) in [4.78, 5) is 9.39. The lowest BCUT2D eigenvalue weighted by Crippen LogP contribution is -2.03. The van der Waals surface area contributed by atoms with Gasteiger partial charge in [-0.25, -0.2) is 9.97 Å². The summed E-state index contributed by atoms with van der Waals surface area (Å²) in [5.74, 6) is 3.04. The topological polar surface area (TPSA) is 37.8 Å². The number of rotatable bonds is 3. The van der Waals surface area contributed by atoms with Crippen molar-refractivity contribution in [3.8, 4) is 11.3 Å². The van der Waals surface area contributed by atoms with Crippen molar-refractivity contribution in [1.29, 1.82) is 0 Å².